The summed E-state index contributed by atoms with van der Waals surface area (Å²) in [5.74, 6) is -0.270. The number of nitro groups is 1. The molecule has 0 radical (unpaired) electrons. The number of halogens is 1. The third-order valence-corrected chi connectivity index (χ3v) is 9.04. The molecule has 13 heteroatoms. The maximum Gasteiger partial charge on any atom is 0.293 e. The Morgan fingerprint density at radius 2 is 1.75 bits per heavy atom. The molecule has 0 aliphatic carbocycles. The topological polar surface area (TPSA) is 113 Å². The van der Waals surface area contributed by atoms with E-state index in [0.29, 0.717) is 36.3 Å². The second kappa shape index (κ2) is 9.32. The molecule has 0 atom stereocenters. The van der Waals surface area contributed by atoms with Crippen molar-refractivity contribution in [3.8, 4) is 0 Å². The fourth-order valence-electron chi connectivity index (χ4n) is 3.75. The summed E-state index contributed by atoms with van der Waals surface area (Å²) >= 11 is 6.87. The van der Waals surface area contributed by atoms with Gasteiger partial charge in [-0.1, -0.05) is 11.6 Å². The van der Waals surface area contributed by atoms with Crippen LogP contribution in [0, 0.1) is 10.1 Å². The lowest BCUT2D eigenvalue weighted by atomic mass is 10.1. The number of carbonyl (C=O) groups excluding carboxylic acids is 1. The van der Waals surface area contributed by atoms with Crippen molar-refractivity contribution >= 4 is 50.2 Å². The van der Waals surface area contributed by atoms with E-state index in [-0.39, 0.29) is 47.5 Å². The summed E-state index contributed by atoms with van der Waals surface area (Å²) in [5.41, 5.74) is 0.438. The lowest BCUT2D eigenvalue weighted by molar-refractivity contribution is -0.384. The minimum absolute atomic E-state index is 0.174. The Bertz CT molecular complexity index is 1120. The molecule has 0 N–H and O–H groups in total. The maximum atomic E-state index is 12.8. The lowest BCUT2D eigenvalue weighted by Crippen LogP contribution is -2.48. The Labute approximate surface area is 194 Å². The third kappa shape index (κ3) is 4.59. The zero-order valence-electron chi connectivity index (χ0n) is 17.0. The number of thiophene rings is 1. The van der Waals surface area contributed by atoms with E-state index >= 15 is 0 Å². The number of benzene rings is 1. The van der Waals surface area contributed by atoms with Gasteiger partial charge in [-0.2, -0.15) is 4.31 Å². The molecular weight excluding hydrogens is 480 g/mol. The standard InChI is InChI=1S/C19H21ClN4O6S2/c20-17-3-4-18(31-17)32(28,29)23-7-5-21(6-8-23)15-2-1-14(13-16(15)24(26)27)19(25)22-9-11-30-12-10-22/h1-4,13H,5-12H2. The van der Waals surface area contributed by atoms with Crippen LogP contribution in [0.25, 0.3) is 0 Å². The summed E-state index contributed by atoms with van der Waals surface area (Å²) in [4.78, 5) is 27.3. The van der Waals surface area contributed by atoms with Gasteiger partial charge in [0.15, 0.2) is 0 Å². The average Bonchev–Trinajstić information content (AvgIpc) is 3.26. The van der Waals surface area contributed by atoms with Gasteiger partial charge in [0, 0.05) is 50.9 Å². The van der Waals surface area contributed by atoms with E-state index < -0.39 is 14.9 Å². The predicted molar refractivity (Wildman–Crippen MR) is 120 cm³/mol. The third-order valence-electron chi connectivity index (χ3n) is 5.44. The van der Waals surface area contributed by atoms with Crippen molar-refractivity contribution in [3.05, 3.63) is 50.3 Å². The summed E-state index contributed by atoms with van der Waals surface area (Å²) in [6, 6.07) is 7.46. The van der Waals surface area contributed by atoms with Crippen molar-refractivity contribution in [2.45, 2.75) is 4.21 Å². The minimum Gasteiger partial charge on any atom is -0.378 e. The van der Waals surface area contributed by atoms with Crippen LogP contribution >= 0.6 is 22.9 Å². The van der Waals surface area contributed by atoms with Crippen LogP contribution in [0.4, 0.5) is 11.4 Å². The molecular formula is C19H21ClN4O6S2. The molecule has 0 bridgehead atoms. The number of amides is 1. The number of morpholine rings is 1. The van der Waals surface area contributed by atoms with E-state index in [0.717, 1.165) is 11.3 Å². The number of hydrogen-bond donors (Lipinski definition) is 0. The Balaban J connectivity index is 1.50. The summed E-state index contributed by atoms with van der Waals surface area (Å²) in [6.07, 6.45) is 0. The van der Waals surface area contributed by atoms with E-state index in [2.05, 4.69) is 0 Å². The normalized spacial score (nSPS) is 18.0. The van der Waals surface area contributed by atoms with Crippen LogP contribution in [0.2, 0.25) is 4.34 Å². The molecule has 0 unspecified atom stereocenters. The van der Waals surface area contributed by atoms with Gasteiger partial charge < -0.3 is 14.5 Å². The van der Waals surface area contributed by atoms with Crippen LogP contribution in [-0.2, 0) is 14.8 Å². The van der Waals surface area contributed by atoms with E-state index in [1.807, 2.05) is 0 Å². The van der Waals surface area contributed by atoms with Crippen molar-refractivity contribution in [1.82, 2.24) is 9.21 Å². The quantitative estimate of drug-likeness (QED) is 0.457. The summed E-state index contributed by atoms with van der Waals surface area (Å²) < 4.78 is 32.7. The first kappa shape index (κ1) is 22.9. The van der Waals surface area contributed by atoms with Gasteiger partial charge >= 0.3 is 0 Å². The van der Waals surface area contributed by atoms with Gasteiger partial charge in [0.1, 0.15) is 9.90 Å². The van der Waals surface area contributed by atoms with Crippen molar-refractivity contribution in [2.24, 2.45) is 0 Å². The van der Waals surface area contributed by atoms with Crippen molar-refractivity contribution in [2.75, 3.05) is 57.4 Å². The van der Waals surface area contributed by atoms with Crippen molar-refractivity contribution in [1.29, 1.82) is 0 Å². The molecule has 4 rings (SSSR count). The molecule has 2 saturated heterocycles. The van der Waals surface area contributed by atoms with Crippen molar-refractivity contribution in [3.63, 3.8) is 0 Å². The first-order valence-corrected chi connectivity index (χ1v) is 12.6. The SMILES string of the molecule is O=C(c1ccc(N2CCN(S(=O)(=O)c3ccc(Cl)s3)CC2)c([N+](=O)[O-])c1)N1CCOCC1. The number of nitro benzene ring substituents is 1. The Kier molecular flexibility index (Phi) is 6.67. The maximum absolute atomic E-state index is 12.8. The van der Waals surface area contributed by atoms with Crippen molar-refractivity contribution < 1.29 is 22.9 Å². The number of ether oxygens (including phenoxy) is 1. The highest BCUT2D eigenvalue weighted by atomic mass is 35.5. The van der Waals surface area contributed by atoms with Crippen LogP contribution in [0.1, 0.15) is 10.4 Å². The molecule has 1 amide bonds. The number of piperazine rings is 1. The number of anilines is 1. The Morgan fingerprint density at radius 1 is 1.06 bits per heavy atom. The molecule has 2 aliphatic rings. The highest BCUT2D eigenvalue weighted by Crippen LogP contribution is 2.33. The molecule has 10 nitrogen and oxygen atoms in total. The molecule has 172 valence electrons. The lowest BCUT2D eigenvalue weighted by Gasteiger charge is -2.35. The van der Waals surface area contributed by atoms with E-state index in [1.165, 1.54) is 16.4 Å². The largest absolute Gasteiger partial charge is 0.378 e. The number of hydrogen-bond acceptors (Lipinski definition) is 8. The zero-order valence-corrected chi connectivity index (χ0v) is 19.4. The summed E-state index contributed by atoms with van der Waals surface area (Å²) in [5, 5.41) is 11.7. The number of carbonyl (C=O) groups is 1. The second-order valence-corrected chi connectivity index (χ2v) is 11.2. The molecule has 2 aliphatic heterocycles. The highest BCUT2D eigenvalue weighted by Gasteiger charge is 2.32. The van der Waals surface area contributed by atoms with Gasteiger partial charge in [-0.25, -0.2) is 8.42 Å². The Morgan fingerprint density at radius 3 is 2.34 bits per heavy atom. The highest BCUT2D eigenvalue weighted by molar-refractivity contribution is 7.91. The number of rotatable bonds is 5. The average molecular weight is 501 g/mol. The van der Waals surface area contributed by atoms with Crippen LogP contribution in [0.5, 0.6) is 0 Å². The minimum atomic E-state index is -3.66. The van der Waals surface area contributed by atoms with E-state index in [4.69, 9.17) is 16.3 Å². The fraction of sp³-hybridized carbons (Fsp3) is 0.421. The van der Waals surface area contributed by atoms with Crippen LogP contribution < -0.4 is 4.90 Å². The summed E-state index contributed by atoms with van der Waals surface area (Å²) in [7, 11) is -3.66. The number of sulfonamides is 1. The summed E-state index contributed by atoms with van der Waals surface area (Å²) in [6.45, 7) is 2.72. The first-order chi connectivity index (χ1) is 15.3. The fourth-order valence-corrected chi connectivity index (χ4v) is 6.81. The molecule has 1 aromatic carbocycles. The predicted octanol–water partition coefficient (Wildman–Crippen LogP) is 2.29. The molecule has 2 fully saturated rings. The molecule has 32 heavy (non-hydrogen) atoms. The smallest absolute Gasteiger partial charge is 0.293 e. The molecule has 0 saturated carbocycles. The van der Waals surface area contributed by atoms with Gasteiger partial charge in [-0.05, 0) is 24.3 Å². The van der Waals surface area contributed by atoms with E-state index in [9.17, 15) is 23.3 Å². The Hall–Kier alpha value is -2.25. The van der Waals surface area contributed by atoms with Crippen LogP contribution in [-0.4, -0.2) is 80.9 Å². The molecule has 2 aromatic rings. The zero-order chi connectivity index (χ0) is 22.9. The molecule has 1 aromatic heterocycles. The van der Waals surface area contributed by atoms with Gasteiger partial charge in [-0.15, -0.1) is 11.3 Å². The van der Waals surface area contributed by atoms with Crippen LogP contribution in [0.15, 0.2) is 34.5 Å². The number of nitrogens with zero attached hydrogens (tertiary/aromatic N) is 4. The van der Waals surface area contributed by atoms with Gasteiger partial charge in [0.2, 0.25) is 0 Å². The molecule has 0 spiro atoms. The van der Waals surface area contributed by atoms with Gasteiger partial charge in [0.25, 0.3) is 21.6 Å². The van der Waals surface area contributed by atoms with Gasteiger partial charge in [0.05, 0.1) is 22.5 Å². The first-order valence-electron chi connectivity index (χ1n) is 9.93. The van der Waals surface area contributed by atoms with Gasteiger partial charge in [-0.3, -0.25) is 14.9 Å². The monoisotopic (exact) mass is 500 g/mol. The van der Waals surface area contributed by atoms with Crippen LogP contribution in [0.3, 0.4) is 0 Å². The van der Waals surface area contributed by atoms with E-state index in [1.54, 1.807) is 28.0 Å². The molecule has 3 heterocycles. The second-order valence-electron chi connectivity index (χ2n) is 7.31.